The summed E-state index contributed by atoms with van der Waals surface area (Å²) in [6.45, 7) is 27.4. The van der Waals surface area contributed by atoms with E-state index in [0.29, 0.717) is 77.8 Å². The molecule has 0 bridgehead atoms. The van der Waals surface area contributed by atoms with Crippen molar-refractivity contribution >= 4 is 82.6 Å². The van der Waals surface area contributed by atoms with Crippen LogP contribution in [0.1, 0.15) is 174 Å². The van der Waals surface area contributed by atoms with Gasteiger partial charge in [0.2, 0.25) is 17.1 Å². The fourth-order valence-corrected chi connectivity index (χ4v) is 22.7. The number of allylic oxidation sites excluding steroid dienone is 18. The number of ether oxygens (including phenoxy) is 3. The van der Waals surface area contributed by atoms with E-state index in [1.165, 1.54) is 16.7 Å². The Labute approximate surface area is 827 Å². The highest BCUT2D eigenvalue weighted by molar-refractivity contribution is 7.48. The molecule has 12 rings (SSSR count). The average Bonchev–Trinajstić information content (AvgIpc) is 1.62. The van der Waals surface area contributed by atoms with Crippen molar-refractivity contribution in [1.29, 1.82) is 0 Å². The fourth-order valence-electron chi connectivity index (χ4n) is 19.8. The first-order chi connectivity index (χ1) is 66.8. The molecule has 0 radical (unpaired) electrons. The number of phosphoric acid groups is 4. The number of aliphatic hydroxyl groups is 3. The van der Waals surface area contributed by atoms with Gasteiger partial charge in [0.1, 0.15) is 0 Å². The van der Waals surface area contributed by atoms with E-state index in [0.717, 1.165) is 92.2 Å². The van der Waals surface area contributed by atoms with Gasteiger partial charge in [-0.1, -0.05) is 205 Å². The summed E-state index contributed by atoms with van der Waals surface area (Å²) in [6.07, 6.45) is 34.2. The lowest BCUT2D eigenvalue weighted by molar-refractivity contribution is -0.439. The van der Waals surface area contributed by atoms with Gasteiger partial charge >= 0.3 is 31.3 Å². The molecule has 0 saturated heterocycles. The lowest BCUT2D eigenvalue weighted by atomic mass is 9.81. The summed E-state index contributed by atoms with van der Waals surface area (Å²) < 4.78 is 122. The van der Waals surface area contributed by atoms with Crippen LogP contribution in [0.4, 0.5) is 34.1 Å². The van der Waals surface area contributed by atoms with Gasteiger partial charge in [-0.3, -0.25) is 36.2 Å². The van der Waals surface area contributed by atoms with E-state index < -0.39 is 43.3 Å². The second-order valence-corrected chi connectivity index (χ2v) is 45.1. The zero-order valence-corrected chi connectivity index (χ0v) is 87.2. The summed E-state index contributed by atoms with van der Waals surface area (Å²) in [6, 6.07) is 49.8. The highest BCUT2D eigenvalue weighted by Crippen LogP contribution is 2.54. The molecule has 6 heterocycles. The summed E-state index contributed by atoms with van der Waals surface area (Å²) in [5.41, 5.74) is 16.9. The quantitative estimate of drug-likeness (QED) is 0.00807. The lowest BCUT2D eigenvalue weighted by Gasteiger charge is -2.33. The van der Waals surface area contributed by atoms with E-state index in [1.54, 1.807) is 0 Å². The average molecular weight is 2010 g/mol. The number of fused-ring (bicyclic) bond motifs is 6. The van der Waals surface area contributed by atoms with Crippen LogP contribution in [-0.4, -0.2) is 218 Å². The maximum atomic E-state index is 13.5. The molecule has 6 aliphatic heterocycles. The number of aliphatic hydroxyl groups excluding tert-OH is 3. The zero-order valence-electron chi connectivity index (χ0n) is 83.7. The van der Waals surface area contributed by atoms with E-state index in [2.05, 4.69) is 239 Å². The predicted molar refractivity (Wildman–Crippen MR) is 553 cm³/mol. The number of phosphoric ester groups is 4. The number of hydrogen-bond donors (Lipinski definition) is 7. The summed E-state index contributed by atoms with van der Waals surface area (Å²) >= 11 is 0. The van der Waals surface area contributed by atoms with E-state index >= 15 is 0 Å². The van der Waals surface area contributed by atoms with Crippen molar-refractivity contribution in [2.45, 2.75) is 173 Å². The maximum Gasteiger partial charge on any atom is 0.472 e. The molecule has 4 atom stereocenters. The Balaban J connectivity index is 0.644. The van der Waals surface area contributed by atoms with Crippen LogP contribution in [-0.2, 0) is 101 Å². The van der Waals surface area contributed by atoms with Crippen molar-refractivity contribution < 1.29 is 117 Å². The molecule has 6 aliphatic rings. The number of rotatable bonds is 58. The van der Waals surface area contributed by atoms with E-state index in [4.69, 9.17) is 50.4 Å². The topological polar surface area (TPSA) is 330 Å². The van der Waals surface area contributed by atoms with Gasteiger partial charge in [-0.25, -0.2) is 18.3 Å². The first kappa shape index (κ1) is 110. The van der Waals surface area contributed by atoms with Crippen LogP contribution in [0, 0.1) is 5.41 Å². The van der Waals surface area contributed by atoms with Crippen LogP contribution < -0.4 is 14.7 Å². The Hall–Kier alpha value is -8.41. The normalized spacial score (nSPS) is 20.1. The molecule has 0 saturated carbocycles. The molecule has 7 N–H and O–H groups in total. The monoisotopic (exact) mass is 2000 g/mol. The molecule has 6 aromatic rings. The van der Waals surface area contributed by atoms with E-state index in [9.17, 15) is 53.2 Å². The molecular weight excluding hydrogens is 1860 g/mol. The molecular formula is C108H147N6O22P4+3. The Kier molecular flexibility index (Phi) is 39.0. The summed E-state index contributed by atoms with van der Waals surface area (Å²) in [7, 11) is -17.5. The third-order valence-electron chi connectivity index (χ3n) is 27.0. The Morgan fingerprint density at radius 2 is 0.557 bits per heavy atom. The van der Waals surface area contributed by atoms with Crippen LogP contribution in [0.2, 0.25) is 0 Å². The maximum absolute atomic E-state index is 13.5. The first-order valence-electron chi connectivity index (χ1n) is 48.8. The van der Waals surface area contributed by atoms with Crippen molar-refractivity contribution in [3.63, 3.8) is 0 Å². The number of para-hydroxylation sites is 6. The molecule has 6 aromatic carbocycles. The minimum absolute atomic E-state index is 0.0716. The number of anilines is 3. The first-order valence-corrected chi connectivity index (χ1v) is 54.8. The standard InChI is InChI=1S/C108H144N6O22P4/c1-102(2)84-44-23-29-50-90(84)109(62-35-68-115)96(102)56-17-14-20-59-99-105(7,8)87-47-26-32-53-93(87)112(99)65-38-74-130-138(120,121)133-77-41-71-127-80-108(83-136-137(118,119)126-13,81-128-72-42-78-134-139(122,123)131-75-39-66-113-94-54-33-27-48-88(94)106(9,10)100(113)60-21-15-18-57-97-103(3,4)85-45-24-30-51-91(85)110(97)63-36-69-116)82-129-73-43-79-135-140(124,125)132-76-40-67-114-95-55-34-28-49-89(95)107(11,12)101(114)61-22-16-19-58-98-104(5,6)86-46-25-31-52-92(86)111(98)64-37-70-117/h14-34,44-61,115-117H,35-43,62-83H2,1-13H3,(H-3,118,119,120,121,122,123,124,125)/p+3. The second-order valence-electron chi connectivity index (χ2n) is 39.1. The largest absolute Gasteiger partial charge is 0.472 e. The summed E-state index contributed by atoms with van der Waals surface area (Å²) in [5, 5.41) is 29.3. The van der Waals surface area contributed by atoms with E-state index in [1.807, 2.05) is 109 Å². The SMILES string of the molecule is COP(=O)(O)OCC(COCCCOP(=O)(O)OCCCN1/C(=C/C=C/C=C/C2=[N+](CCCO)c3ccccc3C2(C)C)C(C)(C)c2ccccc21)(COCCCOP(=O)(O)OCCCN1/C(=C/C=C/C=C/C2=[N+](CCCO)c3ccccc3C2(C)C)C(C)(C)c2ccccc21)COCCCOP(=O)(O)OCCCN1/C(=C/C=C/C=C/C2=[N+](CCCO)c3ccccc3C2(C)C)C(C)(C)c2ccccc21. The number of nitrogens with zero attached hydrogens (tertiary/aromatic N) is 6. The molecule has 28 nitrogen and oxygen atoms in total. The highest BCUT2D eigenvalue weighted by Gasteiger charge is 2.49. The van der Waals surface area contributed by atoms with Gasteiger partial charge in [-0.05, 0) is 133 Å². The second kappa shape index (κ2) is 49.5. The summed E-state index contributed by atoms with van der Waals surface area (Å²) in [5.74, 6) is 0. The predicted octanol–water partition coefficient (Wildman–Crippen LogP) is 20.3. The van der Waals surface area contributed by atoms with Gasteiger partial charge in [0, 0.05) is 189 Å². The molecule has 0 spiro atoms. The molecule has 0 amide bonds. The highest BCUT2D eigenvalue weighted by atomic mass is 31.2. The molecule has 140 heavy (non-hydrogen) atoms. The smallest absolute Gasteiger partial charge is 0.396 e. The van der Waals surface area contributed by atoms with Crippen molar-refractivity contribution in [2.24, 2.45) is 5.41 Å². The lowest BCUT2D eigenvalue weighted by Crippen LogP contribution is -2.42. The van der Waals surface area contributed by atoms with Crippen LogP contribution in [0.15, 0.2) is 254 Å². The van der Waals surface area contributed by atoms with Gasteiger partial charge in [-0.2, -0.15) is 13.7 Å². The van der Waals surface area contributed by atoms with Crippen LogP contribution >= 0.6 is 31.3 Å². The number of benzene rings is 6. The Morgan fingerprint density at radius 3 is 0.829 bits per heavy atom. The molecule has 0 aliphatic carbocycles. The molecule has 0 aromatic heterocycles. The van der Waals surface area contributed by atoms with Crippen molar-refractivity contribution in [1.82, 2.24) is 0 Å². The van der Waals surface area contributed by atoms with Crippen LogP contribution in [0.25, 0.3) is 0 Å². The van der Waals surface area contributed by atoms with Gasteiger partial charge in [-0.15, -0.1) is 0 Å². The number of hydrogen-bond acceptors (Lipinski definition) is 21. The van der Waals surface area contributed by atoms with Gasteiger partial charge in [0.25, 0.3) is 0 Å². The zero-order chi connectivity index (χ0) is 101. The Bertz CT molecular complexity index is 5330. The molecule has 0 fully saturated rings. The third-order valence-corrected chi connectivity index (χ3v) is 31.0. The van der Waals surface area contributed by atoms with Gasteiger partial charge in [0.05, 0.1) is 87.7 Å². The van der Waals surface area contributed by atoms with Gasteiger partial charge in [0.15, 0.2) is 36.8 Å². The van der Waals surface area contributed by atoms with Crippen molar-refractivity contribution in [2.75, 3.05) is 167 Å². The Morgan fingerprint density at radius 1 is 0.300 bits per heavy atom. The van der Waals surface area contributed by atoms with E-state index in [-0.39, 0.29) is 151 Å². The van der Waals surface area contributed by atoms with Crippen LogP contribution in [0.5, 0.6) is 0 Å². The minimum atomic E-state index is -4.67. The minimum Gasteiger partial charge on any atom is -0.396 e. The van der Waals surface area contributed by atoms with Crippen LogP contribution in [0.3, 0.4) is 0 Å². The molecule has 758 valence electrons. The molecule has 4 unspecified atom stereocenters. The summed E-state index contributed by atoms with van der Waals surface area (Å²) in [4.78, 5) is 50.3. The van der Waals surface area contributed by atoms with Gasteiger partial charge < -0.3 is 63.8 Å². The molecule has 32 heteroatoms. The fraction of sp³-hybridized carbons (Fsp3) is 0.472. The third kappa shape index (κ3) is 27.2. The van der Waals surface area contributed by atoms with Crippen molar-refractivity contribution in [3.05, 3.63) is 287 Å². The van der Waals surface area contributed by atoms with Crippen molar-refractivity contribution in [3.8, 4) is 0 Å².